The summed E-state index contributed by atoms with van der Waals surface area (Å²) in [5, 5.41) is 4.05. The fourth-order valence-electron chi connectivity index (χ4n) is 2.04. The highest BCUT2D eigenvalue weighted by molar-refractivity contribution is 9.10. The second-order valence-electron chi connectivity index (χ2n) is 4.13. The molecule has 0 bridgehead atoms. The number of hydrogen-bond acceptors (Lipinski definition) is 3. The van der Waals surface area contributed by atoms with Gasteiger partial charge in [0, 0.05) is 19.0 Å². The van der Waals surface area contributed by atoms with Gasteiger partial charge in [-0.15, -0.1) is 0 Å². The van der Waals surface area contributed by atoms with Crippen molar-refractivity contribution in [3.63, 3.8) is 0 Å². The number of aromatic nitrogens is 2. The monoisotopic (exact) mass is 271 g/mol. The molecule has 1 aromatic heterocycles. The largest absolute Gasteiger partial charge is 0.329 e. The summed E-state index contributed by atoms with van der Waals surface area (Å²) in [6.45, 7) is 0.434. The first-order valence-electron chi connectivity index (χ1n) is 5.03. The molecule has 0 aliphatic heterocycles. The maximum atomic E-state index is 12.3. The molecule has 1 fully saturated rings. The molecule has 2 rings (SSSR count). The molecule has 4 nitrogen and oxygen atoms in total. The molecule has 0 atom stereocenters. The van der Waals surface area contributed by atoms with Crippen LogP contribution in [0.4, 0.5) is 0 Å². The van der Waals surface area contributed by atoms with Gasteiger partial charge in [-0.25, -0.2) is 0 Å². The molecule has 0 amide bonds. The van der Waals surface area contributed by atoms with Crippen LogP contribution in [0.3, 0.4) is 0 Å². The van der Waals surface area contributed by atoms with Gasteiger partial charge >= 0.3 is 0 Å². The number of aryl methyl sites for hydroxylation is 1. The third kappa shape index (κ3) is 1.54. The summed E-state index contributed by atoms with van der Waals surface area (Å²) in [4.78, 5) is 12.3. The number of halogens is 1. The number of rotatable bonds is 3. The molecule has 0 radical (unpaired) electrons. The Morgan fingerprint density at radius 3 is 2.73 bits per heavy atom. The number of nitrogens with two attached hydrogens (primary N) is 1. The number of ketones is 1. The topological polar surface area (TPSA) is 60.9 Å². The molecule has 1 heterocycles. The minimum Gasteiger partial charge on any atom is -0.329 e. The fourth-order valence-corrected chi connectivity index (χ4v) is 2.57. The molecule has 1 aromatic rings. The molecule has 1 aliphatic carbocycles. The Morgan fingerprint density at radius 1 is 1.73 bits per heavy atom. The summed E-state index contributed by atoms with van der Waals surface area (Å²) in [5.74, 6) is 0.128. The van der Waals surface area contributed by atoms with Gasteiger partial charge in [-0.2, -0.15) is 5.10 Å². The van der Waals surface area contributed by atoms with Crippen molar-refractivity contribution in [3.8, 4) is 0 Å². The smallest absolute Gasteiger partial charge is 0.189 e. The number of carbonyl (C=O) groups excluding carboxylic acids is 1. The summed E-state index contributed by atoms with van der Waals surface area (Å²) < 4.78 is 2.37. The van der Waals surface area contributed by atoms with E-state index in [1.54, 1.807) is 17.9 Å². The first kappa shape index (κ1) is 10.8. The molecule has 5 heteroatoms. The Hall–Kier alpha value is -0.680. The highest BCUT2D eigenvalue weighted by Crippen LogP contribution is 2.43. The maximum Gasteiger partial charge on any atom is 0.189 e. The molecule has 82 valence electrons. The van der Waals surface area contributed by atoms with Gasteiger partial charge in [0.15, 0.2) is 5.78 Å². The molecule has 0 spiro atoms. The molecule has 0 saturated heterocycles. The quantitative estimate of drug-likeness (QED) is 0.848. The minimum absolute atomic E-state index is 0.128. The lowest BCUT2D eigenvalue weighted by molar-refractivity contribution is 0.0624. The third-order valence-electron chi connectivity index (χ3n) is 3.29. The zero-order valence-electron chi connectivity index (χ0n) is 8.66. The summed E-state index contributed by atoms with van der Waals surface area (Å²) in [5.41, 5.74) is 6.03. The van der Waals surface area contributed by atoms with Crippen molar-refractivity contribution in [2.24, 2.45) is 18.2 Å². The molecule has 15 heavy (non-hydrogen) atoms. The van der Waals surface area contributed by atoms with Crippen molar-refractivity contribution in [1.82, 2.24) is 9.78 Å². The summed E-state index contributed by atoms with van der Waals surface area (Å²) in [6.07, 6.45) is 4.55. The van der Waals surface area contributed by atoms with Gasteiger partial charge in [0.2, 0.25) is 0 Å². The van der Waals surface area contributed by atoms with E-state index < -0.39 is 0 Å². The van der Waals surface area contributed by atoms with E-state index in [1.807, 2.05) is 0 Å². The number of nitrogens with zero attached hydrogens (tertiary/aromatic N) is 2. The highest BCUT2D eigenvalue weighted by Gasteiger charge is 2.44. The Kier molecular flexibility index (Phi) is 2.68. The van der Waals surface area contributed by atoms with Gasteiger partial charge < -0.3 is 5.73 Å². The Morgan fingerprint density at radius 2 is 2.40 bits per heavy atom. The number of carbonyl (C=O) groups is 1. The van der Waals surface area contributed by atoms with E-state index in [2.05, 4.69) is 21.0 Å². The predicted octanol–water partition coefficient (Wildman–Crippen LogP) is 1.49. The molecule has 1 saturated carbocycles. The van der Waals surface area contributed by atoms with Gasteiger partial charge in [0.1, 0.15) is 5.69 Å². The van der Waals surface area contributed by atoms with E-state index in [1.165, 1.54) is 0 Å². The molecule has 0 unspecified atom stereocenters. The van der Waals surface area contributed by atoms with Gasteiger partial charge in [0.05, 0.1) is 10.7 Å². The van der Waals surface area contributed by atoms with Crippen LogP contribution < -0.4 is 5.73 Å². The molecular formula is C10H14BrN3O. The second kappa shape index (κ2) is 3.72. The lowest BCUT2D eigenvalue weighted by Crippen LogP contribution is -2.45. The van der Waals surface area contributed by atoms with E-state index in [0.717, 1.165) is 23.7 Å². The van der Waals surface area contributed by atoms with Crippen LogP contribution >= 0.6 is 15.9 Å². The number of hydrogen-bond donors (Lipinski definition) is 1. The van der Waals surface area contributed by atoms with Crippen molar-refractivity contribution in [2.75, 3.05) is 6.54 Å². The standard InChI is InChI=1S/C10H14BrN3O/c1-14-8(7(11)5-13-14)9(15)10(6-12)3-2-4-10/h5H,2-4,6,12H2,1H3. The average molecular weight is 272 g/mol. The van der Waals surface area contributed by atoms with Crippen molar-refractivity contribution in [2.45, 2.75) is 19.3 Å². The Balaban J connectivity index is 2.35. The first-order valence-corrected chi connectivity index (χ1v) is 5.82. The van der Waals surface area contributed by atoms with Gasteiger partial charge in [0.25, 0.3) is 0 Å². The van der Waals surface area contributed by atoms with E-state index in [4.69, 9.17) is 5.73 Å². The van der Waals surface area contributed by atoms with Gasteiger partial charge in [-0.1, -0.05) is 6.42 Å². The van der Waals surface area contributed by atoms with Crippen LogP contribution in [0, 0.1) is 5.41 Å². The zero-order valence-corrected chi connectivity index (χ0v) is 10.2. The van der Waals surface area contributed by atoms with E-state index in [9.17, 15) is 4.79 Å². The molecular weight excluding hydrogens is 258 g/mol. The highest BCUT2D eigenvalue weighted by atomic mass is 79.9. The summed E-state index contributed by atoms with van der Waals surface area (Å²) >= 11 is 3.35. The van der Waals surface area contributed by atoms with Crippen LogP contribution in [-0.4, -0.2) is 22.1 Å². The van der Waals surface area contributed by atoms with Crippen LogP contribution in [0.15, 0.2) is 10.7 Å². The lowest BCUT2D eigenvalue weighted by atomic mass is 9.65. The number of Topliss-reactive ketones (excluding diaryl/α,β-unsaturated/α-hetero) is 1. The molecule has 0 aromatic carbocycles. The van der Waals surface area contributed by atoms with Gasteiger partial charge in [-0.05, 0) is 28.8 Å². The minimum atomic E-state index is -0.323. The van der Waals surface area contributed by atoms with Crippen LogP contribution in [0.2, 0.25) is 0 Å². The van der Waals surface area contributed by atoms with Crippen LogP contribution in [0.5, 0.6) is 0 Å². The van der Waals surface area contributed by atoms with Crippen LogP contribution in [0.25, 0.3) is 0 Å². The van der Waals surface area contributed by atoms with Crippen molar-refractivity contribution < 1.29 is 4.79 Å². The average Bonchev–Trinajstić information content (AvgIpc) is 2.45. The maximum absolute atomic E-state index is 12.3. The predicted molar refractivity (Wildman–Crippen MR) is 60.6 cm³/mol. The SMILES string of the molecule is Cn1ncc(Br)c1C(=O)C1(CN)CCC1. The van der Waals surface area contributed by atoms with E-state index in [-0.39, 0.29) is 11.2 Å². The van der Waals surface area contributed by atoms with Crippen molar-refractivity contribution in [3.05, 3.63) is 16.4 Å². The second-order valence-corrected chi connectivity index (χ2v) is 4.99. The fraction of sp³-hybridized carbons (Fsp3) is 0.600. The van der Waals surface area contributed by atoms with Crippen LogP contribution in [-0.2, 0) is 7.05 Å². The molecule has 2 N–H and O–H groups in total. The van der Waals surface area contributed by atoms with E-state index in [0.29, 0.717) is 12.2 Å². The van der Waals surface area contributed by atoms with E-state index >= 15 is 0 Å². The normalized spacial score (nSPS) is 18.6. The van der Waals surface area contributed by atoms with Gasteiger partial charge in [-0.3, -0.25) is 9.48 Å². The lowest BCUT2D eigenvalue weighted by Gasteiger charge is -2.39. The van der Waals surface area contributed by atoms with Crippen molar-refractivity contribution in [1.29, 1.82) is 0 Å². The van der Waals surface area contributed by atoms with Crippen LogP contribution in [0.1, 0.15) is 29.8 Å². The third-order valence-corrected chi connectivity index (χ3v) is 3.87. The van der Waals surface area contributed by atoms with Crippen molar-refractivity contribution >= 4 is 21.7 Å². The summed E-state index contributed by atoms with van der Waals surface area (Å²) in [6, 6.07) is 0. The Labute approximate surface area is 97.0 Å². The molecule has 1 aliphatic rings. The zero-order chi connectivity index (χ0) is 11.1. The first-order chi connectivity index (χ1) is 7.10. The Bertz CT molecular complexity index is 370. The summed E-state index contributed by atoms with van der Waals surface area (Å²) in [7, 11) is 1.78.